The van der Waals surface area contributed by atoms with Crippen molar-refractivity contribution in [2.24, 2.45) is 0 Å². The van der Waals surface area contributed by atoms with Gasteiger partial charge in [0.2, 0.25) is 5.89 Å². The molecule has 20 heavy (non-hydrogen) atoms. The van der Waals surface area contributed by atoms with Crippen molar-refractivity contribution in [1.29, 1.82) is 0 Å². The van der Waals surface area contributed by atoms with Gasteiger partial charge in [-0.3, -0.25) is 10.1 Å². The lowest BCUT2D eigenvalue weighted by Crippen LogP contribution is -2.21. The van der Waals surface area contributed by atoms with Gasteiger partial charge >= 0.3 is 0 Å². The summed E-state index contributed by atoms with van der Waals surface area (Å²) >= 11 is 0. The standard InChI is InChI=1S/C14H17N3O3/c1-9(2)15-8-14-16-7-13(20-14)12-5-4-11(17(18)19)6-10(12)3/h4-7,9,15H,8H2,1-3H3. The first-order chi connectivity index (χ1) is 9.47. The third-order valence-electron chi connectivity index (χ3n) is 2.90. The van der Waals surface area contributed by atoms with Crippen molar-refractivity contribution >= 4 is 5.69 Å². The summed E-state index contributed by atoms with van der Waals surface area (Å²) in [6, 6.07) is 5.04. The Morgan fingerprint density at radius 1 is 1.45 bits per heavy atom. The third-order valence-corrected chi connectivity index (χ3v) is 2.90. The fourth-order valence-corrected chi connectivity index (χ4v) is 1.85. The van der Waals surface area contributed by atoms with E-state index in [9.17, 15) is 10.1 Å². The van der Waals surface area contributed by atoms with E-state index in [1.54, 1.807) is 12.3 Å². The first-order valence-electron chi connectivity index (χ1n) is 6.41. The lowest BCUT2D eigenvalue weighted by molar-refractivity contribution is -0.384. The van der Waals surface area contributed by atoms with Crippen molar-refractivity contribution in [2.75, 3.05) is 0 Å². The van der Waals surface area contributed by atoms with Gasteiger partial charge in [0, 0.05) is 23.7 Å². The van der Waals surface area contributed by atoms with E-state index in [-0.39, 0.29) is 5.69 Å². The fraction of sp³-hybridized carbons (Fsp3) is 0.357. The number of non-ortho nitro benzene ring substituents is 1. The van der Waals surface area contributed by atoms with Crippen LogP contribution in [0.1, 0.15) is 25.3 Å². The van der Waals surface area contributed by atoms with E-state index >= 15 is 0 Å². The molecule has 0 radical (unpaired) electrons. The summed E-state index contributed by atoms with van der Waals surface area (Å²) in [6.45, 7) is 6.47. The fourth-order valence-electron chi connectivity index (χ4n) is 1.85. The molecule has 1 N–H and O–H groups in total. The Morgan fingerprint density at radius 3 is 2.80 bits per heavy atom. The molecule has 0 aliphatic heterocycles. The van der Waals surface area contributed by atoms with E-state index < -0.39 is 4.92 Å². The minimum atomic E-state index is -0.408. The maximum Gasteiger partial charge on any atom is 0.269 e. The van der Waals surface area contributed by atoms with E-state index in [2.05, 4.69) is 10.3 Å². The molecule has 0 spiro atoms. The van der Waals surface area contributed by atoms with Crippen LogP contribution in [-0.4, -0.2) is 15.9 Å². The molecule has 1 aromatic carbocycles. The molecule has 0 aliphatic carbocycles. The van der Waals surface area contributed by atoms with Crippen molar-refractivity contribution in [3.63, 3.8) is 0 Å². The van der Waals surface area contributed by atoms with Crippen LogP contribution in [0.15, 0.2) is 28.8 Å². The van der Waals surface area contributed by atoms with Gasteiger partial charge in [-0.15, -0.1) is 0 Å². The van der Waals surface area contributed by atoms with Gasteiger partial charge in [-0.2, -0.15) is 0 Å². The molecule has 0 bridgehead atoms. The average Bonchev–Trinajstić information content (AvgIpc) is 2.84. The Hall–Kier alpha value is -2.21. The largest absolute Gasteiger partial charge is 0.439 e. The molecule has 0 aliphatic rings. The summed E-state index contributed by atoms with van der Waals surface area (Å²) in [7, 11) is 0. The van der Waals surface area contributed by atoms with Crippen molar-refractivity contribution in [2.45, 2.75) is 33.4 Å². The number of rotatable bonds is 5. The number of hydrogen-bond acceptors (Lipinski definition) is 5. The highest BCUT2D eigenvalue weighted by Crippen LogP contribution is 2.27. The molecule has 0 unspecified atom stereocenters. The summed E-state index contributed by atoms with van der Waals surface area (Å²) in [5.74, 6) is 1.23. The molecule has 106 valence electrons. The molecule has 0 saturated heterocycles. The SMILES string of the molecule is Cc1cc([N+](=O)[O-])ccc1-c1cnc(CNC(C)C)o1. The van der Waals surface area contributed by atoms with Crippen LogP contribution >= 0.6 is 0 Å². The lowest BCUT2D eigenvalue weighted by atomic mass is 10.1. The maximum absolute atomic E-state index is 10.7. The second kappa shape index (κ2) is 5.83. The molecule has 1 aromatic heterocycles. The normalized spacial score (nSPS) is 11.0. The summed E-state index contributed by atoms with van der Waals surface area (Å²) in [5, 5.41) is 13.9. The number of benzene rings is 1. The molecule has 2 aromatic rings. The lowest BCUT2D eigenvalue weighted by Gasteiger charge is -2.04. The van der Waals surface area contributed by atoms with Crippen LogP contribution < -0.4 is 5.32 Å². The molecule has 2 rings (SSSR count). The summed E-state index contributed by atoms with van der Waals surface area (Å²) in [4.78, 5) is 14.5. The number of nitro groups is 1. The Labute approximate surface area is 117 Å². The van der Waals surface area contributed by atoms with E-state index in [1.807, 2.05) is 20.8 Å². The average molecular weight is 275 g/mol. The monoisotopic (exact) mass is 275 g/mol. The zero-order valence-corrected chi connectivity index (χ0v) is 11.7. The third kappa shape index (κ3) is 3.21. The Balaban J connectivity index is 2.21. The predicted molar refractivity (Wildman–Crippen MR) is 75.3 cm³/mol. The molecule has 0 fully saturated rings. The van der Waals surface area contributed by atoms with Gasteiger partial charge in [0.15, 0.2) is 5.76 Å². The van der Waals surface area contributed by atoms with Crippen LogP contribution in [0.5, 0.6) is 0 Å². The summed E-state index contributed by atoms with van der Waals surface area (Å²) in [5.41, 5.74) is 1.69. The Bertz CT molecular complexity index is 620. The molecule has 0 atom stereocenters. The summed E-state index contributed by atoms with van der Waals surface area (Å²) < 4.78 is 5.66. The minimum absolute atomic E-state index is 0.0764. The van der Waals surface area contributed by atoms with Crippen molar-refractivity contribution < 1.29 is 9.34 Å². The van der Waals surface area contributed by atoms with Crippen LogP contribution in [0.3, 0.4) is 0 Å². The number of oxazole rings is 1. The van der Waals surface area contributed by atoms with Gasteiger partial charge in [-0.25, -0.2) is 4.98 Å². The first kappa shape index (κ1) is 14.2. The Morgan fingerprint density at radius 2 is 2.20 bits per heavy atom. The van der Waals surface area contributed by atoms with E-state index in [4.69, 9.17) is 4.42 Å². The van der Waals surface area contributed by atoms with Crippen LogP contribution in [0.25, 0.3) is 11.3 Å². The van der Waals surface area contributed by atoms with Crippen LogP contribution in [0.4, 0.5) is 5.69 Å². The highest BCUT2D eigenvalue weighted by Gasteiger charge is 2.13. The van der Waals surface area contributed by atoms with Gasteiger partial charge in [0.05, 0.1) is 17.7 Å². The topological polar surface area (TPSA) is 81.2 Å². The predicted octanol–water partition coefficient (Wildman–Crippen LogP) is 3.06. The molecular formula is C14H17N3O3. The smallest absolute Gasteiger partial charge is 0.269 e. The van der Waals surface area contributed by atoms with Gasteiger partial charge < -0.3 is 9.73 Å². The van der Waals surface area contributed by atoms with E-state index in [0.29, 0.717) is 24.2 Å². The highest BCUT2D eigenvalue weighted by molar-refractivity contribution is 5.63. The number of nitrogens with one attached hydrogen (secondary N) is 1. The number of aromatic nitrogens is 1. The van der Waals surface area contributed by atoms with E-state index in [0.717, 1.165) is 11.1 Å². The van der Waals surface area contributed by atoms with Crippen molar-refractivity contribution in [3.05, 3.63) is 46.0 Å². The second-order valence-corrected chi connectivity index (χ2v) is 4.91. The van der Waals surface area contributed by atoms with Crippen LogP contribution in [0, 0.1) is 17.0 Å². The number of nitrogens with zero attached hydrogens (tertiary/aromatic N) is 2. The van der Waals surface area contributed by atoms with Crippen LogP contribution in [-0.2, 0) is 6.54 Å². The quantitative estimate of drug-likeness (QED) is 0.670. The van der Waals surface area contributed by atoms with Crippen molar-refractivity contribution in [3.8, 4) is 11.3 Å². The number of hydrogen-bond donors (Lipinski definition) is 1. The molecule has 0 amide bonds. The van der Waals surface area contributed by atoms with E-state index in [1.165, 1.54) is 12.1 Å². The zero-order valence-electron chi connectivity index (χ0n) is 11.7. The van der Waals surface area contributed by atoms with Gasteiger partial charge in [-0.05, 0) is 18.6 Å². The molecular weight excluding hydrogens is 258 g/mol. The molecule has 6 heteroatoms. The Kier molecular flexibility index (Phi) is 4.14. The van der Waals surface area contributed by atoms with Gasteiger partial charge in [0.25, 0.3) is 5.69 Å². The van der Waals surface area contributed by atoms with Gasteiger partial charge in [-0.1, -0.05) is 13.8 Å². The second-order valence-electron chi connectivity index (χ2n) is 4.91. The van der Waals surface area contributed by atoms with Gasteiger partial charge in [0.1, 0.15) is 0 Å². The maximum atomic E-state index is 10.7. The molecule has 1 heterocycles. The molecule has 0 saturated carbocycles. The summed E-state index contributed by atoms with van der Waals surface area (Å²) in [6.07, 6.45) is 1.64. The minimum Gasteiger partial charge on any atom is -0.439 e. The van der Waals surface area contributed by atoms with Crippen LogP contribution in [0.2, 0.25) is 0 Å². The van der Waals surface area contributed by atoms with Crippen molar-refractivity contribution in [1.82, 2.24) is 10.3 Å². The zero-order chi connectivity index (χ0) is 14.7. The first-order valence-corrected chi connectivity index (χ1v) is 6.41. The number of aryl methyl sites for hydroxylation is 1. The highest BCUT2D eigenvalue weighted by atomic mass is 16.6. The number of nitro benzene ring substituents is 1. The molecule has 6 nitrogen and oxygen atoms in total.